The highest BCUT2D eigenvalue weighted by Gasteiger charge is 2.14. The lowest BCUT2D eigenvalue weighted by Crippen LogP contribution is -2.38. The van der Waals surface area contributed by atoms with E-state index in [-0.39, 0.29) is 5.88 Å². The molecule has 1 aromatic heterocycles. The van der Waals surface area contributed by atoms with Gasteiger partial charge in [0.1, 0.15) is 0 Å². The van der Waals surface area contributed by atoms with Crippen LogP contribution in [-0.4, -0.2) is 16.0 Å². The molecule has 0 fully saturated rings. The average molecular weight is 230 g/mol. The Balaban J connectivity index is 2.23. The Morgan fingerprint density at radius 3 is 2.59 bits per heavy atom. The van der Waals surface area contributed by atoms with E-state index in [1.165, 1.54) is 18.6 Å². The molecule has 0 radical (unpaired) electrons. The maximum absolute atomic E-state index is 11.3. The fraction of sp³-hybridized carbons (Fsp3) is 0. The Bertz CT molecular complexity index is 489. The predicted molar refractivity (Wildman–Crippen MR) is 61.2 cm³/mol. The topological polar surface area (TPSA) is 81.3 Å². The van der Waals surface area contributed by atoms with Crippen molar-refractivity contribution in [1.82, 2.24) is 9.97 Å². The second-order valence-electron chi connectivity index (χ2n) is 3.10. The number of amides is 2. The molecule has 0 bridgehead atoms. The van der Waals surface area contributed by atoms with Gasteiger partial charge in [-0.1, -0.05) is 18.2 Å². The third-order valence-electron chi connectivity index (χ3n) is 1.92. The maximum Gasteiger partial charge on any atom is 0.352 e. The number of primary amides is 1. The number of nitrogens with zero attached hydrogens (tertiary/aromatic N) is 3. The third kappa shape index (κ3) is 2.69. The van der Waals surface area contributed by atoms with Crippen molar-refractivity contribution in [2.24, 2.45) is 5.73 Å². The highest BCUT2D eigenvalue weighted by atomic mass is 16.7. The molecule has 0 atom stereocenters. The van der Waals surface area contributed by atoms with Crippen LogP contribution in [0.1, 0.15) is 0 Å². The average Bonchev–Trinajstić information content (AvgIpc) is 2.38. The van der Waals surface area contributed by atoms with Crippen molar-refractivity contribution < 1.29 is 9.63 Å². The zero-order chi connectivity index (χ0) is 12.1. The standard InChI is InChI=1S/C11H10N4O2/c12-11(16)15(9-4-2-1-3-5-9)17-10-8-13-6-7-14-10/h1-8H,(H2,12,16). The fourth-order valence-electron chi connectivity index (χ4n) is 1.21. The van der Waals surface area contributed by atoms with Crippen LogP contribution in [0.25, 0.3) is 0 Å². The molecule has 6 heteroatoms. The molecule has 17 heavy (non-hydrogen) atoms. The summed E-state index contributed by atoms with van der Waals surface area (Å²) in [5, 5.41) is 0.948. The maximum atomic E-state index is 11.3. The summed E-state index contributed by atoms with van der Waals surface area (Å²) in [5.41, 5.74) is 5.75. The number of anilines is 1. The second kappa shape index (κ2) is 4.93. The lowest BCUT2D eigenvalue weighted by atomic mass is 10.3. The molecule has 0 unspecified atom stereocenters. The normalized spacial score (nSPS) is 9.65. The van der Waals surface area contributed by atoms with E-state index < -0.39 is 6.03 Å². The number of aromatic nitrogens is 2. The first-order valence-corrected chi connectivity index (χ1v) is 4.86. The van der Waals surface area contributed by atoms with Crippen LogP contribution in [0.5, 0.6) is 5.88 Å². The van der Waals surface area contributed by atoms with E-state index in [1.54, 1.807) is 24.3 Å². The molecule has 0 spiro atoms. The molecule has 0 saturated carbocycles. The van der Waals surface area contributed by atoms with Crippen molar-refractivity contribution >= 4 is 11.7 Å². The van der Waals surface area contributed by atoms with Gasteiger partial charge in [0.15, 0.2) is 0 Å². The van der Waals surface area contributed by atoms with Gasteiger partial charge in [0.25, 0.3) is 5.88 Å². The first kappa shape index (κ1) is 10.9. The molecule has 2 aromatic rings. The molecular weight excluding hydrogens is 220 g/mol. The first-order chi connectivity index (χ1) is 8.27. The predicted octanol–water partition coefficient (Wildman–Crippen LogP) is 1.36. The molecule has 0 aliphatic carbocycles. The number of rotatable bonds is 3. The molecule has 2 rings (SSSR count). The Morgan fingerprint density at radius 1 is 1.24 bits per heavy atom. The summed E-state index contributed by atoms with van der Waals surface area (Å²) < 4.78 is 0. The van der Waals surface area contributed by atoms with Gasteiger partial charge >= 0.3 is 6.03 Å². The minimum absolute atomic E-state index is 0.190. The number of hydroxylamine groups is 1. The number of hydrogen-bond acceptors (Lipinski definition) is 4. The Labute approximate surface area is 97.6 Å². The van der Waals surface area contributed by atoms with E-state index >= 15 is 0 Å². The minimum Gasteiger partial charge on any atom is -0.349 e. The third-order valence-corrected chi connectivity index (χ3v) is 1.92. The molecule has 0 aliphatic heterocycles. The van der Waals surface area contributed by atoms with Crippen LogP contribution in [0.2, 0.25) is 0 Å². The van der Waals surface area contributed by atoms with Crippen molar-refractivity contribution in [2.45, 2.75) is 0 Å². The molecule has 86 valence electrons. The van der Waals surface area contributed by atoms with Gasteiger partial charge < -0.3 is 10.6 Å². The van der Waals surface area contributed by atoms with Crippen molar-refractivity contribution in [2.75, 3.05) is 5.06 Å². The van der Waals surface area contributed by atoms with Gasteiger partial charge in [-0.25, -0.2) is 9.78 Å². The molecule has 0 aliphatic rings. The van der Waals surface area contributed by atoms with Gasteiger partial charge in [-0.15, -0.1) is 5.06 Å². The molecular formula is C11H10N4O2. The van der Waals surface area contributed by atoms with Gasteiger partial charge in [-0.2, -0.15) is 0 Å². The van der Waals surface area contributed by atoms with Gasteiger partial charge in [-0.05, 0) is 12.1 Å². The Hall–Kier alpha value is -2.63. The van der Waals surface area contributed by atoms with E-state index in [0.29, 0.717) is 5.69 Å². The minimum atomic E-state index is -0.734. The van der Waals surface area contributed by atoms with Crippen LogP contribution in [-0.2, 0) is 0 Å². The SMILES string of the molecule is NC(=O)N(Oc1cnccn1)c1ccccc1. The molecule has 1 heterocycles. The first-order valence-electron chi connectivity index (χ1n) is 4.86. The zero-order valence-corrected chi connectivity index (χ0v) is 8.85. The fourth-order valence-corrected chi connectivity index (χ4v) is 1.21. The van der Waals surface area contributed by atoms with E-state index in [0.717, 1.165) is 5.06 Å². The lowest BCUT2D eigenvalue weighted by Gasteiger charge is -2.18. The molecule has 2 amide bonds. The molecule has 2 N–H and O–H groups in total. The summed E-state index contributed by atoms with van der Waals surface area (Å²) in [4.78, 5) is 24.2. The zero-order valence-electron chi connectivity index (χ0n) is 8.85. The number of carbonyl (C=O) groups is 1. The van der Waals surface area contributed by atoms with Crippen LogP contribution < -0.4 is 15.6 Å². The van der Waals surface area contributed by atoms with Crippen LogP contribution in [0, 0.1) is 0 Å². The van der Waals surface area contributed by atoms with Crippen molar-refractivity contribution in [3.8, 4) is 5.88 Å². The van der Waals surface area contributed by atoms with Crippen LogP contribution in [0.3, 0.4) is 0 Å². The van der Waals surface area contributed by atoms with E-state index in [9.17, 15) is 4.79 Å². The highest BCUT2D eigenvalue weighted by Crippen LogP contribution is 2.15. The monoisotopic (exact) mass is 230 g/mol. The Kier molecular flexibility index (Phi) is 3.15. The largest absolute Gasteiger partial charge is 0.352 e. The van der Waals surface area contributed by atoms with Gasteiger partial charge in [0.2, 0.25) is 0 Å². The van der Waals surface area contributed by atoms with Crippen LogP contribution in [0.15, 0.2) is 48.9 Å². The summed E-state index contributed by atoms with van der Waals surface area (Å²) in [6.45, 7) is 0. The number of carbonyl (C=O) groups excluding carboxylic acids is 1. The number of nitrogens with two attached hydrogens (primary N) is 1. The summed E-state index contributed by atoms with van der Waals surface area (Å²) >= 11 is 0. The number of benzene rings is 1. The summed E-state index contributed by atoms with van der Waals surface area (Å²) in [6.07, 6.45) is 4.35. The van der Waals surface area contributed by atoms with Gasteiger partial charge in [0.05, 0.1) is 11.9 Å². The van der Waals surface area contributed by atoms with Crippen LogP contribution >= 0.6 is 0 Å². The van der Waals surface area contributed by atoms with Crippen molar-refractivity contribution in [3.05, 3.63) is 48.9 Å². The van der Waals surface area contributed by atoms with Gasteiger partial charge in [-0.3, -0.25) is 4.98 Å². The number of para-hydroxylation sites is 1. The quantitative estimate of drug-likeness (QED) is 0.807. The summed E-state index contributed by atoms with van der Waals surface area (Å²) in [7, 11) is 0. The molecule has 6 nitrogen and oxygen atoms in total. The van der Waals surface area contributed by atoms with E-state index in [1.807, 2.05) is 6.07 Å². The van der Waals surface area contributed by atoms with E-state index in [2.05, 4.69) is 9.97 Å². The Morgan fingerprint density at radius 2 is 2.00 bits per heavy atom. The number of urea groups is 1. The van der Waals surface area contributed by atoms with Crippen molar-refractivity contribution in [1.29, 1.82) is 0 Å². The van der Waals surface area contributed by atoms with Gasteiger partial charge in [0, 0.05) is 12.4 Å². The summed E-state index contributed by atoms with van der Waals surface area (Å²) in [6, 6.07) is 8.02. The highest BCUT2D eigenvalue weighted by molar-refractivity contribution is 5.88. The lowest BCUT2D eigenvalue weighted by molar-refractivity contribution is 0.218. The second-order valence-corrected chi connectivity index (χ2v) is 3.10. The van der Waals surface area contributed by atoms with E-state index in [4.69, 9.17) is 10.6 Å². The van der Waals surface area contributed by atoms with Crippen LogP contribution in [0.4, 0.5) is 10.5 Å². The van der Waals surface area contributed by atoms with Crippen molar-refractivity contribution in [3.63, 3.8) is 0 Å². The summed E-state index contributed by atoms with van der Waals surface area (Å²) in [5.74, 6) is 0.190. The number of hydrogen-bond donors (Lipinski definition) is 1. The molecule has 0 saturated heterocycles. The molecule has 1 aromatic carbocycles. The smallest absolute Gasteiger partial charge is 0.349 e.